The molecule has 0 aliphatic rings. The molecule has 0 saturated carbocycles. The molecule has 1 aromatic heterocycles. The molecule has 0 aliphatic carbocycles. The van der Waals surface area contributed by atoms with E-state index in [4.69, 9.17) is 16.9 Å². The van der Waals surface area contributed by atoms with Crippen molar-refractivity contribution >= 4 is 17.4 Å². The van der Waals surface area contributed by atoms with Gasteiger partial charge in [0.15, 0.2) is 0 Å². The summed E-state index contributed by atoms with van der Waals surface area (Å²) in [6.07, 6.45) is 0. The van der Waals surface area contributed by atoms with Crippen molar-refractivity contribution in [2.75, 3.05) is 5.32 Å². The van der Waals surface area contributed by atoms with Crippen molar-refractivity contribution in [3.05, 3.63) is 51.9 Å². The van der Waals surface area contributed by atoms with Crippen LogP contribution in [0.25, 0.3) is 0 Å². The molecule has 4 nitrogen and oxygen atoms in total. The highest BCUT2D eigenvalue weighted by Crippen LogP contribution is 2.23. The molecule has 1 aromatic carbocycles. The Labute approximate surface area is 129 Å². The van der Waals surface area contributed by atoms with Gasteiger partial charge in [0.25, 0.3) is 0 Å². The summed E-state index contributed by atoms with van der Waals surface area (Å²) in [5.41, 5.74) is 2.50. The first-order valence-corrected chi connectivity index (χ1v) is 7.16. The maximum atomic E-state index is 8.92. The van der Waals surface area contributed by atoms with E-state index in [1.54, 1.807) is 6.07 Å². The first kappa shape index (κ1) is 15.3. The van der Waals surface area contributed by atoms with Gasteiger partial charge >= 0.3 is 0 Å². The van der Waals surface area contributed by atoms with Gasteiger partial charge in [-0.3, -0.25) is 0 Å². The zero-order valence-electron chi connectivity index (χ0n) is 12.3. The number of hydrogen-bond acceptors (Lipinski definition) is 4. The van der Waals surface area contributed by atoms with Crippen LogP contribution in [-0.2, 0) is 6.54 Å². The minimum absolute atomic E-state index is 0.213. The zero-order chi connectivity index (χ0) is 15.4. The van der Waals surface area contributed by atoms with Crippen LogP contribution in [0.15, 0.2) is 24.3 Å². The van der Waals surface area contributed by atoms with Gasteiger partial charge in [-0.2, -0.15) is 5.26 Å². The fraction of sp³-hybridized carbons (Fsp3) is 0.312. The zero-order valence-corrected chi connectivity index (χ0v) is 13.1. The molecular weight excluding hydrogens is 284 g/mol. The van der Waals surface area contributed by atoms with Crippen LogP contribution in [0.1, 0.15) is 42.3 Å². The molecule has 0 fully saturated rings. The normalized spacial score (nSPS) is 10.5. The van der Waals surface area contributed by atoms with Crippen molar-refractivity contribution in [3.8, 4) is 6.07 Å². The Morgan fingerprint density at radius 1 is 1.33 bits per heavy atom. The Morgan fingerprint density at radius 2 is 2.10 bits per heavy atom. The average molecular weight is 301 g/mol. The minimum Gasteiger partial charge on any atom is -0.366 e. The van der Waals surface area contributed by atoms with Gasteiger partial charge in [0.05, 0.1) is 11.6 Å². The van der Waals surface area contributed by atoms with Crippen LogP contribution in [0.4, 0.5) is 5.82 Å². The number of nitrogens with zero attached hydrogens (tertiary/aromatic N) is 3. The number of nitrogens with one attached hydrogen (secondary N) is 1. The van der Waals surface area contributed by atoms with Crippen molar-refractivity contribution in [2.45, 2.75) is 33.2 Å². The average Bonchev–Trinajstić information content (AvgIpc) is 2.48. The number of nitriles is 1. The standard InChI is InChI=1S/C16H17ClN4/c1-10(2)15-20-14(17)11(3)16(21-15)19-9-13-6-4-5-12(7-13)8-18/h4-7,10H,9H2,1-3H3,(H,19,20,21). The molecule has 0 amide bonds. The van der Waals surface area contributed by atoms with Crippen molar-refractivity contribution in [3.63, 3.8) is 0 Å². The number of anilines is 1. The van der Waals surface area contributed by atoms with Gasteiger partial charge in [0.1, 0.15) is 16.8 Å². The molecule has 0 saturated heterocycles. The Bertz CT molecular complexity index is 689. The topological polar surface area (TPSA) is 61.6 Å². The van der Waals surface area contributed by atoms with Crippen molar-refractivity contribution in [1.29, 1.82) is 5.26 Å². The molecule has 0 aliphatic heterocycles. The van der Waals surface area contributed by atoms with Crippen LogP contribution >= 0.6 is 11.6 Å². The second kappa shape index (κ2) is 6.55. The summed E-state index contributed by atoms with van der Waals surface area (Å²) in [6, 6.07) is 9.61. The van der Waals surface area contributed by atoms with Gasteiger partial charge in [0.2, 0.25) is 0 Å². The van der Waals surface area contributed by atoms with Gasteiger partial charge in [-0.25, -0.2) is 9.97 Å². The second-order valence-corrected chi connectivity index (χ2v) is 5.52. The van der Waals surface area contributed by atoms with E-state index in [2.05, 4.69) is 21.4 Å². The summed E-state index contributed by atoms with van der Waals surface area (Å²) in [5.74, 6) is 1.67. The molecule has 2 aromatic rings. The molecule has 2 rings (SSSR count). The minimum atomic E-state index is 0.213. The highest BCUT2D eigenvalue weighted by molar-refractivity contribution is 6.30. The van der Waals surface area contributed by atoms with Crippen LogP contribution in [0.3, 0.4) is 0 Å². The number of rotatable bonds is 4. The van der Waals surface area contributed by atoms with E-state index < -0.39 is 0 Å². The molecule has 1 heterocycles. The summed E-state index contributed by atoms with van der Waals surface area (Å²) in [6.45, 7) is 6.53. The molecule has 1 N–H and O–H groups in total. The second-order valence-electron chi connectivity index (χ2n) is 5.17. The van der Waals surface area contributed by atoms with Gasteiger partial charge in [-0.15, -0.1) is 0 Å². The molecule has 108 valence electrons. The van der Waals surface area contributed by atoms with E-state index in [0.717, 1.165) is 22.8 Å². The molecule has 0 spiro atoms. The molecule has 0 unspecified atom stereocenters. The van der Waals surface area contributed by atoms with E-state index in [9.17, 15) is 0 Å². The highest BCUT2D eigenvalue weighted by Gasteiger charge is 2.11. The van der Waals surface area contributed by atoms with Gasteiger partial charge in [-0.1, -0.05) is 37.6 Å². The number of hydrogen-bond donors (Lipinski definition) is 1. The monoisotopic (exact) mass is 300 g/mol. The van der Waals surface area contributed by atoms with Crippen LogP contribution in [0.2, 0.25) is 5.15 Å². The number of halogens is 1. The van der Waals surface area contributed by atoms with Crippen molar-refractivity contribution < 1.29 is 0 Å². The number of benzene rings is 1. The van der Waals surface area contributed by atoms with Crippen LogP contribution < -0.4 is 5.32 Å². The quantitative estimate of drug-likeness (QED) is 0.865. The van der Waals surface area contributed by atoms with Crippen molar-refractivity contribution in [1.82, 2.24) is 9.97 Å². The predicted octanol–water partition coefficient (Wildman–Crippen LogP) is 4.05. The van der Waals surface area contributed by atoms with E-state index in [0.29, 0.717) is 17.3 Å². The lowest BCUT2D eigenvalue weighted by Crippen LogP contribution is -2.08. The fourth-order valence-electron chi connectivity index (χ4n) is 1.87. The summed E-state index contributed by atoms with van der Waals surface area (Å²) >= 11 is 6.16. The summed E-state index contributed by atoms with van der Waals surface area (Å²) in [5, 5.41) is 12.7. The Kier molecular flexibility index (Phi) is 4.77. The summed E-state index contributed by atoms with van der Waals surface area (Å²) < 4.78 is 0. The van der Waals surface area contributed by atoms with Crippen molar-refractivity contribution in [2.24, 2.45) is 0 Å². The lowest BCUT2D eigenvalue weighted by molar-refractivity contribution is 0.771. The molecule has 21 heavy (non-hydrogen) atoms. The predicted molar refractivity (Wildman–Crippen MR) is 84.4 cm³/mol. The first-order chi connectivity index (χ1) is 10.0. The third kappa shape index (κ3) is 3.71. The van der Waals surface area contributed by atoms with E-state index in [-0.39, 0.29) is 5.92 Å². The Morgan fingerprint density at radius 3 is 2.76 bits per heavy atom. The van der Waals surface area contributed by atoms with E-state index in [1.165, 1.54) is 0 Å². The molecule has 0 bridgehead atoms. The fourth-order valence-corrected chi connectivity index (χ4v) is 2.05. The van der Waals surface area contributed by atoms with Crippen LogP contribution in [0, 0.1) is 18.3 Å². The maximum absolute atomic E-state index is 8.92. The summed E-state index contributed by atoms with van der Waals surface area (Å²) in [7, 11) is 0. The lowest BCUT2D eigenvalue weighted by Gasteiger charge is -2.13. The third-order valence-corrected chi connectivity index (χ3v) is 3.50. The molecule has 5 heteroatoms. The lowest BCUT2D eigenvalue weighted by atomic mass is 10.1. The van der Waals surface area contributed by atoms with Crippen LogP contribution in [0.5, 0.6) is 0 Å². The van der Waals surface area contributed by atoms with Crippen LogP contribution in [-0.4, -0.2) is 9.97 Å². The third-order valence-electron chi connectivity index (χ3n) is 3.14. The Balaban J connectivity index is 2.21. The van der Waals surface area contributed by atoms with E-state index in [1.807, 2.05) is 39.0 Å². The first-order valence-electron chi connectivity index (χ1n) is 6.78. The highest BCUT2D eigenvalue weighted by atomic mass is 35.5. The van der Waals surface area contributed by atoms with E-state index >= 15 is 0 Å². The van der Waals surface area contributed by atoms with Gasteiger partial charge in [0, 0.05) is 18.0 Å². The van der Waals surface area contributed by atoms with Gasteiger partial charge < -0.3 is 5.32 Å². The molecule has 0 radical (unpaired) electrons. The van der Waals surface area contributed by atoms with Gasteiger partial charge in [-0.05, 0) is 24.6 Å². The molecular formula is C16H17ClN4. The largest absolute Gasteiger partial charge is 0.366 e. The SMILES string of the molecule is Cc1c(Cl)nc(C(C)C)nc1NCc1cccc(C#N)c1. The smallest absolute Gasteiger partial charge is 0.137 e. The number of aromatic nitrogens is 2. The maximum Gasteiger partial charge on any atom is 0.137 e. The molecule has 0 atom stereocenters. The summed E-state index contributed by atoms with van der Waals surface area (Å²) in [4.78, 5) is 8.81. The Hall–Kier alpha value is -2.12.